The third-order valence-corrected chi connectivity index (χ3v) is 4.01. The molecule has 1 atom stereocenters. The topological polar surface area (TPSA) is 95.7 Å². The van der Waals surface area contributed by atoms with E-state index in [1.54, 1.807) is 24.3 Å². The summed E-state index contributed by atoms with van der Waals surface area (Å²) in [6.07, 6.45) is 1.67. The highest BCUT2D eigenvalue weighted by Gasteiger charge is 2.29. The first kappa shape index (κ1) is 16.0. The molecule has 25 heavy (non-hydrogen) atoms. The Labute approximate surface area is 144 Å². The fourth-order valence-electron chi connectivity index (χ4n) is 2.47. The number of ether oxygens (including phenoxy) is 3. The third kappa shape index (κ3) is 4.15. The minimum Gasteiger partial charge on any atom is -0.485 e. The van der Waals surface area contributed by atoms with Crippen LogP contribution in [-0.4, -0.2) is 42.0 Å². The van der Waals surface area contributed by atoms with Gasteiger partial charge >= 0.3 is 0 Å². The van der Waals surface area contributed by atoms with Crippen molar-refractivity contribution in [3.63, 3.8) is 0 Å². The average Bonchev–Trinajstić information content (AvgIpc) is 3.40. The van der Waals surface area contributed by atoms with Crippen LogP contribution in [0.2, 0.25) is 0 Å². The lowest BCUT2D eigenvalue weighted by Crippen LogP contribution is -2.39. The maximum Gasteiger partial charge on any atom is 0.255 e. The Morgan fingerprint density at radius 2 is 2.08 bits per heavy atom. The summed E-state index contributed by atoms with van der Waals surface area (Å²) in [6, 6.07) is 7.08. The van der Waals surface area contributed by atoms with Gasteiger partial charge in [-0.05, 0) is 37.1 Å². The lowest BCUT2D eigenvalue weighted by atomic mass is 10.2. The standard InChI is InChI=1S/C17H19N3O5/c21-16(14-9-22-7-8-23-14)18-12-3-5-13(6-4-12)24-10-15-19-17(25-20-15)11-1-2-11/h3-6,11,14H,1-2,7-10H2,(H,18,21)/t14-/m0/s1. The van der Waals surface area contributed by atoms with Crippen LogP contribution in [0.5, 0.6) is 5.75 Å². The highest BCUT2D eigenvalue weighted by atomic mass is 16.6. The van der Waals surface area contributed by atoms with Crippen LogP contribution in [0.25, 0.3) is 0 Å². The molecule has 2 aromatic rings. The fraction of sp³-hybridized carbons (Fsp3) is 0.471. The van der Waals surface area contributed by atoms with Crippen molar-refractivity contribution >= 4 is 11.6 Å². The van der Waals surface area contributed by atoms with Crippen LogP contribution in [0, 0.1) is 0 Å². The van der Waals surface area contributed by atoms with Gasteiger partial charge in [-0.1, -0.05) is 5.16 Å². The molecule has 0 unspecified atom stereocenters. The van der Waals surface area contributed by atoms with E-state index in [1.807, 2.05) is 0 Å². The highest BCUT2D eigenvalue weighted by molar-refractivity contribution is 5.94. The first-order valence-electron chi connectivity index (χ1n) is 8.33. The summed E-state index contributed by atoms with van der Waals surface area (Å²) in [5, 5.41) is 6.70. The van der Waals surface area contributed by atoms with Crippen LogP contribution in [0.1, 0.15) is 30.5 Å². The zero-order chi connectivity index (χ0) is 17.1. The number of aromatic nitrogens is 2. The van der Waals surface area contributed by atoms with Crippen molar-refractivity contribution in [2.75, 3.05) is 25.1 Å². The molecule has 2 fully saturated rings. The van der Waals surface area contributed by atoms with E-state index in [-0.39, 0.29) is 19.1 Å². The molecule has 1 aliphatic carbocycles. The minimum atomic E-state index is -0.566. The van der Waals surface area contributed by atoms with E-state index >= 15 is 0 Å². The molecular weight excluding hydrogens is 326 g/mol. The van der Waals surface area contributed by atoms with E-state index in [9.17, 15) is 4.79 Å². The van der Waals surface area contributed by atoms with Gasteiger partial charge in [0.05, 0.1) is 19.8 Å². The predicted octanol–water partition coefficient (Wildman–Crippen LogP) is 1.88. The number of hydrogen-bond donors (Lipinski definition) is 1. The van der Waals surface area contributed by atoms with E-state index in [0.717, 1.165) is 12.8 Å². The van der Waals surface area contributed by atoms with Gasteiger partial charge in [0.1, 0.15) is 5.75 Å². The molecule has 1 saturated carbocycles. The first-order valence-corrected chi connectivity index (χ1v) is 8.33. The molecule has 1 aliphatic heterocycles. The van der Waals surface area contributed by atoms with Gasteiger partial charge in [0.25, 0.3) is 5.91 Å². The van der Waals surface area contributed by atoms with Crippen LogP contribution in [0.4, 0.5) is 5.69 Å². The van der Waals surface area contributed by atoms with Crippen LogP contribution in [0.3, 0.4) is 0 Å². The van der Waals surface area contributed by atoms with Crippen LogP contribution < -0.4 is 10.1 Å². The number of carbonyl (C=O) groups is 1. The van der Waals surface area contributed by atoms with Gasteiger partial charge in [0.15, 0.2) is 12.7 Å². The number of anilines is 1. The van der Waals surface area contributed by atoms with E-state index in [0.29, 0.717) is 42.3 Å². The summed E-state index contributed by atoms with van der Waals surface area (Å²) in [6.45, 7) is 1.48. The second-order valence-electron chi connectivity index (χ2n) is 6.06. The zero-order valence-electron chi connectivity index (χ0n) is 13.6. The van der Waals surface area contributed by atoms with Gasteiger partial charge in [0, 0.05) is 11.6 Å². The largest absolute Gasteiger partial charge is 0.485 e. The molecule has 8 nitrogen and oxygen atoms in total. The van der Waals surface area contributed by atoms with Crippen LogP contribution >= 0.6 is 0 Å². The normalized spacial score (nSPS) is 20.2. The van der Waals surface area contributed by atoms with Crippen molar-refractivity contribution < 1.29 is 23.5 Å². The van der Waals surface area contributed by atoms with E-state index in [2.05, 4.69) is 15.5 Å². The summed E-state index contributed by atoms with van der Waals surface area (Å²) in [7, 11) is 0. The van der Waals surface area contributed by atoms with E-state index < -0.39 is 6.10 Å². The number of carbonyl (C=O) groups excluding carboxylic acids is 1. The van der Waals surface area contributed by atoms with E-state index in [4.69, 9.17) is 18.7 Å². The SMILES string of the molecule is O=C(Nc1ccc(OCc2noc(C3CC3)n2)cc1)[C@@H]1COCCO1. The van der Waals surface area contributed by atoms with Crippen molar-refractivity contribution in [2.45, 2.75) is 31.5 Å². The number of amides is 1. The van der Waals surface area contributed by atoms with Crippen LogP contribution in [-0.2, 0) is 20.9 Å². The zero-order valence-corrected chi connectivity index (χ0v) is 13.6. The van der Waals surface area contributed by atoms with Crippen LogP contribution in [0.15, 0.2) is 28.8 Å². The molecule has 2 aliphatic rings. The summed E-state index contributed by atoms with van der Waals surface area (Å²) in [5.41, 5.74) is 0.669. The van der Waals surface area contributed by atoms with Crippen molar-refractivity contribution in [1.29, 1.82) is 0 Å². The van der Waals surface area contributed by atoms with Gasteiger partial charge in [-0.15, -0.1) is 0 Å². The van der Waals surface area contributed by atoms with Gasteiger partial charge < -0.3 is 24.1 Å². The summed E-state index contributed by atoms with van der Waals surface area (Å²) < 4.78 is 21.4. The lowest BCUT2D eigenvalue weighted by Gasteiger charge is -2.22. The number of nitrogens with one attached hydrogen (secondary N) is 1. The Bertz CT molecular complexity index is 720. The number of nitrogens with zero attached hydrogens (tertiary/aromatic N) is 2. The number of rotatable bonds is 6. The average molecular weight is 345 g/mol. The molecule has 1 amide bonds. The molecule has 0 radical (unpaired) electrons. The molecule has 2 heterocycles. The quantitative estimate of drug-likeness (QED) is 0.854. The molecule has 4 rings (SSSR count). The lowest BCUT2D eigenvalue weighted by molar-refractivity contribution is -0.142. The summed E-state index contributed by atoms with van der Waals surface area (Å²) >= 11 is 0. The van der Waals surface area contributed by atoms with Crippen molar-refractivity contribution in [3.05, 3.63) is 36.0 Å². The van der Waals surface area contributed by atoms with E-state index in [1.165, 1.54) is 0 Å². The molecule has 132 valence electrons. The molecule has 0 spiro atoms. The monoisotopic (exact) mass is 345 g/mol. The van der Waals surface area contributed by atoms with Crippen molar-refractivity contribution in [1.82, 2.24) is 10.1 Å². The third-order valence-electron chi connectivity index (χ3n) is 4.01. The second kappa shape index (κ2) is 7.20. The maximum atomic E-state index is 12.1. The molecular formula is C17H19N3O5. The Kier molecular flexibility index (Phi) is 4.62. The van der Waals surface area contributed by atoms with Gasteiger partial charge in [-0.2, -0.15) is 4.98 Å². The van der Waals surface area contributed by atoms with Crippen molar-refractivity contribution in [2.24, 2.45) is 0 Å². The van der Waals surface area contributed by atoms with Gasteiger partial charge in [-0.3, -0.25) is 4.79 Å². The molecule has 8 heteroatoms. The molecule has 1 aromatic carbocycles. The predicted molar refractivity (Wildman–Crippen MR) is 86.2 cm³/mol. The molecule has 1 aromatic heterocycles. The molecule has 1 N–H and O–H groups in total. The smallest absolute Gasteiger partial charge is 0.255 e. The fourth-order valence-corrected chi connectivity index (χ4v) is 2.47. The Balaban J connectivity index is 1.28. The number of hydrogen-bond acceptors (Lipinski definition) is 7. The van der Waals surface area contributed by atoms with Gasteiger partial charge in [-0.25, -0.2) is 0 Å². The Morgan fingerprint density at radius 3 is 2.80 bits per heavy atom. The molecule has 0 bridgehead atoms. The van der Waals surface area contributed by atoms with Crippen molar-refractivity contribution in [3.8, 4) is 5.75 Å². The summed E-state index contributed by atoms with van der Waals surface area (Å²) in [5.74, 6) is 2.11. The van der Waals surface area contributed by atoms with Gasteiger partial charge in [0.2, 0.25) is 11.7 Å². The Hall–Kier alpha value is -2.45. The highest BCUT2D eigenvalue weighted by Crippen LogP contribution is 2.38. The minimum absolute atomic E-state index is 0.215. The molecule has 1 saturated heterocycles. The Morgan fingerprint density at radius 1 is 1.24 bits per heavy atom. The number of benzene rings is 1. The summed E-state index contributed by atoms with van der Waals surface area (Å²) in [4.78, 5) is 16.4. The first-order chi connectivity index (χ1) is 12.3. The maximum absolute atomic E-state index is 12.1. The second-order valence-corrected chi connectivity index (χ2v) is 6.06.